The van der Waals surface area contributed by atoms with Gasteiger partial charge in [0.1, 0.15) is 0 Å². The topological polar surface area (TPSA) is 94.8 Å². The molecule has 0 aromatic heterocycles. The molecule has 0 saturated heterocycles. The van der Waals surface area contributed by atoms with Crippen molar-refractivity contribution in [1.29, 1.82) is 0 Å². The molecule has 0 aromatic carbocycles. The van der Waals surface area contributed by atoms with Crippen molar-refractivity contribution in [2.24, 2.45) is 0 Å². The van der Waals surface area contributed by atoms with Crippen LogP contribution in [0, 0.1) is 0 Å². The van der Waals surface area contributed by atoms with Gasteiger partial charge >= 0.3 is 11.9 Å². The largest absolute Gasteiger partial charge is 0.478 e. The van der Waals surface area contributed by atoms with Crippen LogP contribution in [0.25, 0.3) is 0 Å². The summed E-state index contributed by atoms with van der Waals surface area (Å²) in [6, 6.07) is 0. The van der Waals surface area contributed by atoms with Gasteiger partial charge in [-0.15, -0.1) is 0 Å². The summed E-state index contributed by atoms with van der Waals surface area (Å²) < 4.78 is 0. The van der Waals surface area contributed by atoms with Crippen LogP contribution in [0.4, 0.5) is 0 Å². The van der Waals surface area contributed by atoms with Gasteiger partial charge in [-0.2, -0.15) is 0 Å². The monoisotopic (exact) mass is 178 g/mol. The van der Waals surface area contributed by atoms with Crippen molar-refractivity contribution in [3.8, 4) is 0 Å². The lowest BCUT2D eigenvalue weighted by Gasteiger charge is -1.74. The molecule has 0 fully saturated rings. The molecule has 0 rings (SSSR count). The summed E-state index contributed by atoms with van der Waals surface area (Å²) in [6.07, 6.45) is 1.12. The van der Waals surface area contributed by atoms with E-state index in [0.717, 1.165) is 0 Å². The maximum Gasteiger partial charge on any atom is 0.328 e. The fourth-order valence-electron chi connectivity index (χ4n) is 0.143. The summed E-state index contributed by atoms with van der Waals surface area (Å²) in [5.74, 6) is -2.51. The first-order valence-electron chi connectivity index (χ1n) is 2.79. The Kier molecular flexibility index (Phi) is 10.1. The molecular formula is C5H10O5Si. The maximum absolute atomic E-state index is 9.55. The minimum Gasteiger partial charge on any atom is -0.478 e. The standard InChI is InChI=1S/C4H4O4.CH6OSi/c5-3(6)1-2-4(7)8;1-3-2/h1-2H,(H,5,6)(H,7,8);2H,3H2,1H3/b2-1-;. The molecule has 0 atom stereocenters. The summed E-state index contributed by atoms with van der Waals surface area (Å²) in [5.41, 5.74) is 0. The van der Waals surface area contributed by atoms with Crippen LogP contribution < -0.4 is 0 Å². The van der Waals surface area contributed by atoms with Crippen LogP contribution in [-0.4, -0.2) is 36.7 Å². The van der Waals surface area contributed by atoms with Gasteiger partial charge in [0.25, 0.3) is 0 Å². The SMILES string of the molecule is C[SiH2]O.O=C(O)/C=C\C(=O)O. The second-order valence-corrected chi connectivity index (χ2v) is 1.96. The Morgan fingerprint density at radius 3 is 1.45 bits per heavy atom. The zero-order chi connectivity index (χ0) is 9.28. The quantitative estimate of drug-likeness (QED) is 0.365. The van der Waals surface area contributed by atoms with Crippen molar-refractivity contribution in [3.63, 3.8) is 0 Å². The van der Waals surface area contributed by atoms with E-state index < -0.39 is 21.7 Å². The molecule has 5 nitrogen and oxygen atoms in total. The molecule has 0 aliphatic heterocycles. The van der Waals surface area contributed by atoms with Crippen LogP contribution >= 0.6 is 0 Å². The highest BCUT2D eigenvalue weighted by Crippen LogP contribution is 1.70. The van der Waals surface area contributed by atoms with Gasteiger partial charge in [-0.05, 0) is 0 Å². The van der Waals surface area contributed by atoms with Crippen LogP contribution in [-0.2, 0) is 9.59 Å². The molecule has 3 N–H and O–H groups in total. The molecule has 11 heavy (non-hydrogen) atoms. The van der Waals surface area contributed by atoms with Gasteiger partial charge in [0.15, 0.2) is 9.76 Å². The van der Waals surface area contributed by atoms with Gasteiger partial charge in [0, 0.05) is 12.2 Å². The van der Waals surface area contributed by atoms with Crippen molar-refractivity contribution >= 4 is 21.7 Å². The maximum atomic E-state index is 9.55. The number of carbonyl (C=O) groups is 2. The fraction of sp³-hybridized carbons (Fsp3) is 0.200. The summed E-state index contributed by atoms with van der Waals surface area (Å²) in [6.45, 7) is 1.82. The second-order valence-electron chi connectivity index (χ2n) is 1.33. The summed E-state index contributed by atoms with van der Waals surface area (Å²) in [5, 5.41) is 15.6. The van der Waals surface area contributed by atoms with Crippen molar-refractivity contribution in [1.82, 2.24) is 0 Å². The van der Waals surface area contributed by atoms with E-state index in [1.165, 1.54) is 0 Å². The van der Waals surface area contributed by atoms with Crippen molar-refractivity contribution in [2.45, 2.75) is 6.55 Å². The number of carboxylic acids is 2. The third-order valence-electron chi connectivity index (χ3n) is 0.368. The third-order valence-corrected chi connectivity index (χ3v) is 0.368. The predicted octanol–water partition coefficient (Wildman–Crippen LogP) is -1.18. The molecule has 0 amide bonds. The van der Waals surface area contributed by atoms with Crippen LogP contribution in [0.1, 0.15) is 0 Å². The molecule has 0 bridgehead atoms. The molecule has 0 saturated carbocycles. The van der Waals surface area contributed by atoms with Crippen LogP contribution in [0.2, 0.25) is 6.55 Å². The number of hydrogen-bond donors (Lipinski definition) is 3. The first-order valence-corrected chi connectivity index (χ1v) is 4.84. The van der Waals surface area contributed by atoms with E-state index in [1.807, 2.05) is 6.55 Å². The lowest BCUT2D eigenvalue weighted by Crippen LogP contribution is -1.91. The minimum absolute atomic E-state index is 0.558. The first-order chi connectivity index (χ1) is 5.04. The lowest BCUT2D eigenvalue weighted by molar-refractivity contribution is -0.134. The third kappa shape index (κ3) is 28.0. The van der Waals surface area contributed by atoms with Crippen molar-refractivity contribution in [2.75, 3.05) is 0 Å². The van der Waals surface area contributed by atoms with Crippen LogP contribution in [0.15, 0.2) is 12.2 Å². The van der Waals surface area contributed by atoms with E-state index in [1.54, 1.807) is 0 Å². The highest BCUT2D eigenvalue weighted by molar-refractivity contribution is 6.22. The Morgan fingerprint density at radius 2 is 1.36 bits per heavy atom. The van der Waals surface area contributed by atoms with Gasteiger partial charge in [0.05, 0.1) is 0 Å². The molecule has 0 unspecified atom stereocenters. The Labute approximate surface area is 65.9 Å². The molecule has 0 aliphatic rings. The van der Waals surface area contributed by atoms with Crippen molar-refractivity contribution in [3.05, 3.63) is 12.2 Å². The van der Waals surface area contributed by atoms with Crippen molar-refractivity contribution < 1.29 is 24.6 Å². The fourth-order valence-corrected chi connectivity index (χ4v) is 0.143. The van der Waals surface area contributed by atoms with E-state index in [2.05, 4.69) is 0 Å². The molecule has 0 aromatic rings. The summed E-state index contributed by atoms with van der Waals surface area (Å²) in [4.78, 5) is 26.8. The van der Waals surface area contributed by atoms with Gasteiger partial charge in [0.2, 0.25) is 0 Å². The van der Waals surface area contributed by atoms with E-state index in [-0.39, 0.29) is 0 Å². The smallest absolute Gasteiger partial charge is 0.328 e. The van der Waals surface area contributed by atoms with E-state index in [4.69, 9.17) is 15.0 Å². The molecule has 0 radical (unpaired) electrons. The van der Waals surface area contributed by atoms with Gasteiger partial charge < -0.3 is 15.0 Å². The zero-order valence-electron chi connectivity index (χ0n) is 6.02. The Bertz CT molecular complexity index is 137. The van der Waals surface area contributed by atoms with Gasteiger partial charge in [-0.3, -0.25) is 0 Å². The number of hydrogen-bond acceptors (Lipinski definition) is 3. The molecule has 0 spiro atoms. The summed E-state index contributed by atoms with van der Waals surface area (Å²) in [7, 11) is -0.583. The predicted molar refractivity (Wildman–Crippen MR) is 41.0 cm³/mol. The average Bonchev–Trinajstić information content (AvgIpc) is 1.85. The molecule has 64 valence electrons. The second kappa shape index (κ2) is 8.86. The van der Waals surface area contributed by atoms with Gasteiger partial charge in [-0.25, -0.2) is 9.59 Å². The first kappa shape index (κ1) is 12.5. The molecule has 0 heterocycles. The number of carboxylic acid groups (broad SMARTS) is 2. The Hall–Kier alpha value is -1.14. The van der Waals surface area contributed by atoms with E-state index >= 15 is 0 Å². The average molecular weight is 178 g/mol. The number of aliphatic carboxylic acids is 2. The normalized spacial score (nSPS) is 9.64. The molecular weight excluding hydrogens is 168 g/mol. The highest BCUT2D eigenvalue weighted by Gasteiger charge is 1.88. The van der Waals surface area contributed by atoms with Gasteiger partial charge in [-0.1, -0.05) is 6.55 Å². The van der Waals surface area contributed by atoms with E-state index in [9.17, 15) is 9.59 Å². The number of rotatable bonds is 2. The molecule has 0 aliphatic carbocycles. The van der Waals surface area contributed by atoms with Crippen LogP contribution in [0.5, 0.6) is 0 Å². The Morgan fingerprint density at radius 1 is 1.18 bits per heavy atom. The summed E-state index contributed by atoms with van der Waals surface area (Å²) >= 11 is 0. The van der Waals surface area contributed by atoms with Crippen LogP contribution in [0.3, 0.4) is 0 Å². The minimum atomic E-state index is -1.26. The Balaban J connectivity index is 0. The lowest BCUT2D eigenvalue weighted by atomic mass is 10.5. The molecule has 6 heteroatoms. The van der Waals surface area contributed by atoms with E-state index in [0.29, 0.717) is 12.2 Å². The zero-order valence-corrected chi connectivity index (χ0v) is 7.43. The highest BCUT2D eigenvalue weighted by atomic mass is 28.2.